The Morgan fingerprint density at radius 1 is 1.13 bits per heavy atom. The normalized spacial score (nSPS) is 45.5. The van der Waals surface area contributed by atoms with Crippen LogP contribution in [-0.4, -0.2) is 10.7 Å². The molecule has 0 aromatic rings. The first-order valence-electron chi connectivity index (χ1n) is 13.0. The molecule has 3 saturated carbocycles. The lowest BCUT2D eigenvalue weighted by Gasteiger charge is -2.59. The molecule has 0 aromatic heterocycles. The maximum atomic E-state index is 10.2. The summed E-state index contributed by atoms with van der Waals surface area (Å²) >= 11 is 5.81. The fourth-order valence-electron chi connectivity index (χ4n) is 8.80. The van der Waals surface area contributed by atoms with E-state index < -0.39 is 5.60 Å². The Balaban J connectivity index is 1.53. The van der Waals surface area contributed by atoms with Crippen molar-refractivity contribution < 1.29 is 5.11 Å². The van der Waals surface area contributed by atoms with E-state index in [-0.39, 0.29) is 5.41 Å². The van der Waals surface area contributed by atoms with Crippen LogP contribution < -0.4 is 0 Å². The molecule has 4 unspecified atom stereocenters. The molecule has 8 atom stereocenters. The minimum Gasteiger partial charge on any atom is -0.390 e. The minimum atomic E-state index is -0.534. The topological polar surface area (TPSA) is 20.2 Å². The largest absolute Gasteiger partial charge is 0.390 e. The predicted molar refractivity (Wildman–Crippen MR) is 132 cm³/mol. The summed E-state index contributed by atoms with van der Waals surface area (Å²) in [6.45, 7) is 13.9. The molecule has 0 spiro atoms. The number of halogens is 1. The van der Waals surface area contributed by atoms with Gasteiger partial charge in [0.1, 0.15) is 0 Å². The number of hydrogen-bond donors (Lipinski definition) is 1. The quantitative estimate of drug-likeness (QED) is 0.344. The molecule has 1 N–H and O–H groups in total. The predicted octanol–water partition coefficient (Wildman–Crippen LogP) is 7.96. The Hall–Kier alpha value is -0.450. The van der Waals surface area contributed by atoms with E-state index in [1.54, 1.807) is 5.57 Å². The lowest BCUT2D eigenvalue weighted by Crippen LogP contribution is -2.51. The average molecular weight is 445 g/mol. The first-order chi connectivity index (χ1) is 14.4. The maximum Gasteiger partial charge on any atom is 0.0591 e. The van der Waals surface area contributed by atoms with Crippen LogP contribution in [0.2, 0.25) is 0 Å². The molecule has 174 valence electrons. The van der Waals surface area contributed by atoms with Crippen molar-refractivity contribution in [2.45, 2.75) is 111 Å². The Morgan fingerprint density at radius 3 is 2.55 bits per heavy atom. The highest BCUT2D eigenvalue weighted by molar-refractivity contribution is 6.30. The molecule has 4 aliphatic rings. The lowest BCUT2D eigenvalue weighted by molar-refractivity contribution is -0.0559. The SMILES string of the molecule is CC(CCC(C)(C)O)[C@H]1CCC2C3CC=C4C[C@](C)(C#CCl)CC[C@]4(C)C3CC[C@@]21C. The molecule has 4 aliphatic carbocycles. The highest BCUT2D eigenvalue weighted by Gasteiger charge is 2.59. The van der Waals surface area contributed by atoms with Gasteiger partial charge in [-0.15, -0.1) is 0 Å². The van der Waals surface area contributed by atoms with E-state index in [0.717, 1.165) is 42.9 Å². The van der Waals surface area contributed by atoms with Gasteiger partial charge in [-0.05, 0) is 137 Å². The van der Waals surface area contributed by atoms with Crippen molar-refractivity contribution in [3.05, 3.63) is 11.6 Å². The number of aliphatic hydroxyl groups is 1. The van der Waals surface area contributed by atoms with Gasteiger partial charge in [0.15, 0.2) is 0 Å². The van der Waals surface area contributed by atoms with E-state index in [4.69, 9.17) is 11.6 Å². The van der Waals surface area contributed by atoms with Gasteiger partial charge in [-0.3, -0.25) is 0 Å². The summed E-state index contributed by atoms with van der Waals surface area (Å²) < 4.78 is 0. The van der Waals surface area contributed by atoms with Crippen molar-refractivity contribution in [3.63, 3.8) is 0 Å². The van der Waals surface area contributed by atoms with Crippen LogP contribution in [0.4, 0.5) is 0 Å². The van der Waals surface area contributed by atoms with Gasteiger partial charge in [-0.1, -0.05) is 38.3 Å². The molecule has 1 nitrogen and oxygen atoms in total. The number of hydrogen-bond acceptors (Lipinski definition) is 1. The molecule has 0 radical (unpaired) electrons. The third-order valence-corrected chi connectivity index (χ3v) is 10.8. The van der Waals surface area contributed by atoms with Crippen LogP contribution in [0.5, 0.6) is 0 Å². The molecule has 0 saturated heterocycles. The second-order valence-corrected chi connectivity index (χ2v) is 13.5. The van der Waals surface area contributed by atoms with Crippen LogP contribution in [0.1, 0.15) is 106 Å². The van der Waals surface area contributed by atoms with Crippen molar-refractivity contribution in [1.82, 2.24) is 0 Å². The third kappa shape index (κ3) is 4.15. The Morgan fingerprint density at radius 2 is 1.87 bits per heavy atom. The summed E-state index contributed by atoms with van der Waals surface area (Å²) in [5.74, 6) is 7.46. The van der Waals surface area contributed by atoms with Crippen LogP contribution in [0, 0.1) is 57.1 Å². The molecule has 3 fully saturated rings. The highest BCUT2D eigenvalue weighted by atomic mass is 35.5. The first kappa shape index (κ1) is 23.7. The Labute approximate surface area is 196 Å². The third-order valence-electron chi connectivity index (χ3n) is 10.7. The lowest BCUT2D eigenvalue weighted by atomic mass is 9.45. The van der Waals surface area contributed by atoms with E-state index >= 15 is 0 Å². The first-order valence-corrected chi connectivity index (χ1v) is 13.3. The van der Waals surface area contributed by atoms with Gasteiger partial charge in [-0.25, -0.2) is 0 Å². The summed E-state index contributed by atoms with van der Waals surface area (Å²) in [5.41, 5.74) is 2.10. The van der Waals surface area contributed by atoms with Crippen LogP contribution in [-0.2, 0) is 0 Å². The second-order valence-electron chi connectivity index (χ2n) is 13.3. The Bertz CT molecular complexity index is 781. The van der Waals surface area contributed by atoms with Crippen molar-refractivity contribution >= 4 is 11.6 Å². The van der Waals surface area contributed by atoms with Gasteiger partial charge in [0.2, 0.25) is 0 Å². The second kappa shape index (κ2) is 8.09. The van der Waals surface area contributed by atoms with Crippen molar-refractivity contribution in [1.29, 1.82) is 0 Å². The van der Waals surface area contributed by atoms with Gasteiger partial charge in [-0.2, -0.15) is 0 Å². The molecule has 4 rings (SSSR count). The minimum absolute atomic E-state index is 0.0669. The summed E-state index contributed by atoms with van der Waals surface area (Å²) in [7, 11) is 0. The zero-order valence-corrected chi connectivity index (χ0v) is 21.6. The number of fused-ring (bicyclic) bond motifs is 5. The van der Waals surface area contributed by atoms with E-state index in [1.165, 1.54) is 44.9 Å². The molecule has 0 aromatic carbocycles. The molecule has 0 bridgehead atoms. The standard InChI is InChI=1S/C29H45ClO/c1-20(11-13-26(2,3)31)23-9-10-24-22-8-7-21-19-27(4,17-18-30)15-16-28(21,5)25(22)12-14-29(23,24)6/h7,20,22-25,31H,8-16,19H2,1-6H3/t20?,22?,23-,24?,25?,27+,28+,29-/m1/s1. The van der Waals surface area contributed by atoms with Crippen molar-refractivity contribution in [2.24, 2.45) is 45.8 Å². The molecular weight excluding hydrogens is 400 g/mol. The zero-order valence-electron chi connectivity index (χ0n) is 20.9. The average Bonchev–Trinajstić information content (AvgIpc) is 3.04. The van der Waals surface area contributed by atoms with E-state index in [2.05, 4.69) is 45.1 Å². The van der Waals surface area contributed by atoms with E-state index in [9.17, 15) is 5.11 Å². The molecule has 0 heterocycles. The fraction of sp³-hybridized carbons (Fsp3) is 0.862. The zero-order chi connectivity index (χ0) is 22.7. The number of allylic oxidation sites excluding steroid dienone is 2. The molecule has 2 heteroatoms. The summed E-state index contributed by atoms with van der Waals surface area (Å²) in [5, 5.41) is 12.9. The summed E-state index contributed by atoms with van der Waals surface area (Å²) in [4.78, 5) is 0. The fourth-order valence-corrected chi connectivity index (χ4v) is 9.03. The summed E-state index contributed by atoms with van der Waals surface area (Å²) in [6.07, 6.45) is 15.2. The molecule has 31 heavy (non-hydrogen) atoms. The van der Waals surface area contributed by atoms with Crippen molar-refractivity contribution in [3.8, 4) is 11.3 Å². The van der Waals surface area contributed by atoms with E-state index in [0.29, 0.717) is 16.7 Å². The Kier molecular flexibility index (Phi) is 6.19. The van der Waals surface area contributed by atoms with Crippen LogP contribution in [0.25, 0.3) is 0 Å². The van der Waals surface area contributed by atoms with Crippen LogP contribution in [0.15, 0.2) is 11.6 Å². The summed E-state index contributed by atoms with van der Waals surface area (Å²) in [6, 6.07) is 0. The molecule has 0 aliphatic heterocycles. The van der Waals surface area contributed by atoms with Crippen LogP contribution in [0.3, 0.4) is 0 Å². The molecule has 0 amide bonds. The van der Waals surface area contributed by atoms with Crippen molar-refractivity contribution in [2.75, 3.05) is 0 Å². The van der Waals surface area contributed by atoms with Gasteiger partial charge in [0.25, 0.3) is 0 Å². The molecular formula is C29H45ClO. The highest BCUT2D eigenvalue weighted by Crippen LogP contribution is 2.68. The van der Waals surface area contributed by atoms with Crippen LogP contribution >= 0.6 is 11.6 Å². The maximum absolute atomic E-state index is 10.2. The van der Waals surface area contributed by atoms with Gasteiger partial charge in [0.05, 0.1) is 5.60 Å². The van der Waals surface area contributed by atoms with E-state index in [1.807, 2.05) is 13.8 Å². The monoisotopic (exact) mass is 444 g/mol. The number of rotatable bonds is 4. The smallest absolute Gasteiger partial charge is 0.0591 e. The van der Waals surface area contributed by atoms with Gasteiger partial charge in [0, 0.05) is 10.8 Å². The van der Waals surface area contributed by atoms with Gasteiger partial charge >= 0.3 is 0 Å². The van der Waals surface area contributed by atoms with Gasteiger partial charge < -0.3 is 5.11 Å².